The summed E-state index contributed by atoms with van der Waals surface area (Å²) in [7, 11) is 1.54. The molecule has 0 unspecified atom stereocenters. The molecule has 4 nitrogen and oxygen atoms in total. The Morgan fingerprint density at radius 2 is 1.88 bits per heavy atom. The number of carbonyl (C=O) groups excluding carboxylic acids is 1. The molecule has 88 valence electrons. The Balaban J connectivity index is 2.55. The van der Waals surface area contributed by atoms with Gasteiger partial charge in [-0.25, -0.2) is 8.42 Å². The van der Waals surface area contributed by atoms with E-state index in [-0.39, 0.29) is 4.90 Å². The topological polar surface area (TPSA) is 63.2 Å². The quantitative estimate of drug-likeness (QED) is 0.477. The highest BCUT2D eigenvalue weighted by molar-refractivity contribution is 8.13. The number of rotatable bonds is 6. The van der Waals surface area contributed by atoms with E-state index in [2.05, 4.69) is 5.32 Å². The van der Waals surface area contributed by atoms with Crippen LogP contribution in [0.2, 0.25) is 0 Å². The zero-order valence-electron chi connectivity index (χ0n) is 8.52. The highest BCUT2D eigenvalue weighted by Gasteiger charge is 2.08. The number of nitrogens with one attached hydrogen (secondary N) is 1. The first kappa shape index (κ1) is 13.0. The van der Waals surface area contributed by atoms with Crippen LogP contribution in [0.1, 0.15) is 12.0 Å². The van der Waals surface area contributed by atoms with Crippen molar-refractivity contribution in [1.82, 2.24) is 5.32 Å². The van der Waals surface area contributed by atoms with Gasteiger partial charge >= 0.3 is 0 Å². The van der Waals surface area contributed by atoms with Gasteiger partial charge in [0.2, 0.25) is 6.41 Å². The molecule has 0 aliphatic rings. The van der Waals surface area contributed by atoms with Crippen molar-refractivity contribution in [2.75, 3.05) is 6.54 Å². The predicted molar refractivity (Wildman–Crippen MR) is 61.9 cm³/mol. The van der Waals surface area contributed by atoms with Gasteiger partial charge in [0, 0.05) is 17.2 Å². The minimum absolute atomic E-state index is 0.101. The number of halogens is 1. The van der Waals surface area contributed by atoms with Gasteiger partial charge < -0.3 is 5.32 Å². The maximum Gasteiger partial charge on any atom is 0.261 e. The molecule has 0 aliphatic carbocycles. The van der Waals surface area contributed by atoms with Gasteiger partial charge in [0.25, 0.3) is 9.05 Å². The Morgan fingerprint density at radius 3 is 2.38 bits per heavy atom. The molecule has 0 radical (unpaired) electrons. The number of benzene rings is 1. The second-order valence-electron chi connectivity index (χ2n) is 3.26. The number of hydrogen-bond donors (Lipinski definition) is 1. The largest absolute Gasteiger partial charge is 0.359 e. The van der Waals surface area contributed by atoms with Crippen LogP contribution in [0.15, 0.2) is 29.2 Å². The van der Waals surface area contributed by atoms with Crippen LogP contribution in [0, 0.1) is 0 Å². The average Bonchev–Trinajstić information content (AvgIpc) is 2.24. The monoisotopic (exact) mass is 261 g/mol. The van der Waals surface area contributed by atoms with Gasteiger partial charge in [-0.2, -0.15) is 0 Å². The van der Waals surface area contributed by atoms with Crippen molar-refractivity contribution in [2.45, 2.75) is 17.7 Å². The lowest BCUT2D eigenvalue weighted by Gasteiger charge is -2.02. The minimum atomic E-state index is -3.64. The first-order chi connectivity index (χ1) is 7.54. The summed E-state index contributed by atoms with van der Waals surface area (Å²) < 4.78 is 21.9. The van der Waals surface area contributed by atoms with E-state index in [4.69, 9.17) is 10.7 Å². The highest BCUT2D eigenvalue weighted by atomic mass is 35.7. The fraction of sp³-hybridized carbons (Fsp3) is 0.300. The number of aryl methyl sites for hydroxylation is 1. The Kier molecular flexibility index (Phi) is 4.76. The maximum atomic E-state index is 11.0. The number of amides is 1. The van der Waals surface area contributed by atoms with Crippen LogP contribution in [0.25, 0.3) is 0 Å². The van der Waals surface area contributed by atoms with Crippen molar-refractivity contribution >= 4 is 26.1 Å². The van der Waals surface area contributed by atoms with Gasteiger partial charge in [0.1, 0.15) is 0 Å². The molecule has 6 heteroatoms. The van der Waals surface area contributed by atoms with Crippen LogP contribution < -0.4 is 5.32 Å². The molecule has 0 bridgehead atoms. The number of carbonyl (C=O) groups is 1. The van der Waals surface area contributed by atoms with Crippen LogP contribution in [0.4, 0.5) is 0 Å². The predicted octanol–water partition coefficient (Wildman–Crippen LogP) is 1.29. The van der Waals surface area contributed by atoms with Gasteiger partial charge in [0.05, 0.1) is 4.90 Å². The molecular formula is C10H12ClNO3S. The molecule has 0 saturated heterocycles. The summed E-state index contributed by atoms with van der Waals surface area (Å²) in [5.41, 5.74) is 1.01. The minimum Gasteiger partial charge on any atom is -0.359 e. The Hall–Kier alpha value is -1.07. The standard InChI is InChI=1S/C10H12ClNO3S/c11-16(14,15)10-5-3-9(4-6-10)2-1-7-12-8-13/h3-6,8H,1-2,7H2,(H,12,13). The fourth-order valence-electron chi connectivity index (χ4n) is 1.27. The molecule has 1 amide bonds. The van der Waals surface area contributed by atoms with Gasteiger partial charge in [-0.3, -0.25) is 4.79 Å². The van der Waals surface area contributed by atoms with Crippen LogP contribution in [0.5, 0.6) is 0 Å². The Bertz CT molecular complexity index is 442. The van der Waals surface area contributed by atoms with E-state index >= 15 is 0 Å². The van der Waals surface area contributed by atoms with E-state index in [0.29, 0.717) is 13.0 Å². The van der Waals surface area contributed by atoms with Crippen LogP contribution >= 0.6 is 10.7 Å². The molecule has 0 heterocycles. The molecular weight excluding hydrogens is 250 g/mol. The van der Waals surface area contributed by atoms with Crippen molar-refractivity contribution in [3.8, 4) is 0 Å². The number of hydrogen-bond acceptors (Lipinski definition) is 3. The summed E-state index contributed by atoms with van der Waals surface area (Å²) in [6.07, 6.45) is 2.25. The molecule has 16 heavy (non-hydrogen) atoms. The Morgan fingerprint density at radius 1 is 1.25 bits per heavy atom. The van der Waals surface area contributed by atoms with Crippen molar-refractivity contribution < 1.29 is 13.2 Å². The van der Waals surface area contributed by atoms with E-state index in [0.717, 1.165) is 18.4 Å². The van der Waals surface area contributed by atoms with Crippen molar-refractivity contribution in [3.05, 3.63) is 29.8 Å². The summed E-state index contributed by atoms with van der Waals surface area (Å²) in [5.74, 6) is 0. The zero-order chi connectivity index (χ0) is 12.0. The van der Waals surface area contributed by atoms with E-state index in [1.807, 2.05) is 0 Å². The maximum absolute atomic E-state index is 11.0. The van der Waals surface area contributed by atoms with Crippen molar-refractivity contribution in [1.29, 1.82) is 0 Å². The second kappa shape index (κ2) is 5.86. The lowest BCUT2D eigenvalue weighted by molar-refractivity contribution is -0.109. The first-order valence-electron chi connectivity index (χ1n) is 4.74. The lowest BCUT2D eigenvalue weighted by Crippen LogP contribution is -2.12. The second-order valence-corrected chi connectivity index (χ2v) is 5.82. The Labute approximate surface area is 99.0 Å². The van der Waals surface area contributed by atoms with Gasteiger partial charge in [-0.15, -0.1) is 0 Å². The molecule has 1 aromatic carbocycles. The summed E-state index contributed by atoms with van der Waals surface area (Å²) in [6, 6.07) is 6.39. The van der Waals surface area contributed by atoms with Crippen molar-refractivity contribution in [2.24, 2.45) is 0 Å². The third-order valence-corrected chi connectivity index (χ3v) is 3.44. The average molecular weight is 262 g/mol. The molecule has 1 N–H and O–H groups in total. The normalized spacial score (nSPS) is 11.1. The summed E-state index contributed by atoms with van der Waals surface area (Å²) in [5, 5.41) is 2.56. The molecule has 0 aromatic heterocycles. The summed E-state index contributed by atoms with van der Waals surface area (Å²) in [6.45, 7) is 0.610. The SMILES string of the molecule is O=CNCCCc1ccc(S(=O)(=O)Cl)cc1. The molecule has 0 atom stereocenters. The smallest absolute Gasteiger partial charge is 0.261 e. The molecule has 0 aliphatic heterocycles. The van der Waals surface area contributed by atoms with Gasteiger partial charge in [0.15, 0.2) is 0 Å². The molecule has 0 saturated carbocycles. The van der Waals surface area contributed by atoms with Crippen LogP contribution in [-0.2, 0) is 20.3 Å². The lowest BCUT2D eigenvalue weighted by atomic mass is 10.1. The summed E-state index contributed by atoms with van der Waals surface area (Å²) >= 11 is 0. The fourth-order valence-corrected chi connectivity index (χ4v) is 2.04. The molecule has 1 rings (SSSR count). The zero-order valence-corrected chi connectivity index (χ0v) is 10.1. The van der Waals surface area contributed by atoms with Crippen molar-refractivity contribution in [3.63, 3.8) is 0 Å². The molecule has 0 fully saturated rings. The van der Waals surface area contributed by atoms with E-state index in [1.54, 1.807) is 12.1 Å². The highest BCUT2D eigenvalue weighted by Crippen LogP contribution is 2.15. The third-order valence-electron chi connectivity index (χ3n) is 2.07. The molecule has 1 aromatic rings. The van der Waals surface area contributed by atoms with E-state index in [9.17, 15) is 13.2 Å². The van der Waals surface area contributed by atoms with E-state index in [1.165, 1.54) is 12.1 Å². The van der Waals surface area contributed by atoms with Crippen LogP contribution in [0.3, 0.4) is 0 Å². The molecule has 0 spiro atoms. The van der Waals surface area contributed by atoms with E-state index < -0.39 is 9.05 Å². The first-order valence-corrected chi connectivity index (χ1v) is 7.05. The van der Waals surface area contributed by atoms with Crippen LogP contribution in [-0.4, -0.2) is 21.4 Å². The van der Waals surface area contributed by atoms with Gasteiger partial charge in [-0.05, 0) is 30.5 Å². The van der Waals surface area contributed by atoms with Gasteiger partial charge in [-0.1, -0.05) is 12.1 Å². The third kappa shape index (κ3) is 4.20. The summed E-state index contributed by atoms with van der Waals surface area (Å²) in [4.78, 5) is 10.1.